The summed E-state index contributed by atoms with van der Waals surface area (Å²) >= 11 is 0. The average Bonchev–Trinajstić information content (AvgIpc) is 3.13. The number of methoxy groups -OCH3 is 1. The molecule has 8 nitrogen and oxygen atoms in total. The topological polar surface area (TPSA) is 111 Å². The number of nitrogens with zero attached hydrogens (tertiary/aromatic N) is 1. The first kappa shape index (κ1) is 22.8. The lowest BCUT2D eigenvalue weighted by molar-refractivity contribution is -0.134. The molecule has 8 heteroatoms. The fourth-order valence-corrected chi connectivity index (χ4v) is 2.09. The summed E-state index contributed by atoms with van der Waals surface area (Å²) in [5.74, 6) is -0.607. The molecule has 0 saturated carbocycles. The molecule has 2 unspecified atom stereocenters. The Morgan fingerprint density at radius 2 is 2.00 bits per heavy atom. The molecule has 2 N–H and O–H groups in total. The Labute approximate surface area is 147 Å². The minimum Gasteiger partial charge on any atom is -0.466 e. The Morgan fingerprint density at radius 3 is 2.52 bits per heavy atom. The quantitative estimate of drug-likeness (QED) is 0.624. The Hall–Kier alpha value is -2.19. The largest absolute Gasteiger partial charge is 0.466 e. The molecule has 0 aliphatic carbocycles. The SMILES string of the molecule is CC.CC.COC(=O)/C=C/c1cn(C2CCC(CO)O2)c(=O)[nH]c1=O. The molecule has 0 amide bonds. The number of rotatable bonds is 4. The number of carbonyl (C=O) groups excluding carboxylic acids is 1. The van der Waals surface area contributed by atoms with Crippen LogP contribution in [0, 0.1) is 0 Å². The van der Waals surface area contributed by atoms with E-state index < -0.39 is 23.4 Å². The van der Waals surface area contributed by atoms with Crippen LogP contribution in [0.3, 0.4) is 0 Å². The van der Waals surface area contributed by atoms with Crippen molar-refractivity contribution in [1.29, 1.82) is 0 Å². The van der Waals surface area contributed by atoms with Crippen molar-refractivity contribution in [3.8, 4) is 0 Å². The Balaban J connectivity index is 0.00000134. The average molecular weight is 356 g/mol. The number of aromatic nitrogens is 2. The van der Waals surface area contributed by atoms with Crippen molar-refractivity contribution in [1.82, 2.24) is 9.55 Å². The van der Waals surface area contributed by atoms with Crippen LogP contribution in [0.25, 0.3) is 6.08 Å². The van der Waals surface area contributed by atoms with Gasteiger partial charge in [0.25, 0.3) is 5.56 Å². The fourth-order valence-electron chi connectivity index (χ4n) is 2.09. The molecule has 1 aromatic rings. The lowest BCUT2D eigenvalue weighted by Gasteiger charge is -2.14. The van der Waals surface area contributed by atoms with Crippen molar-refractivity contribution in [3.05, 3.63) is 38.7 Å². The normalized spacial score (nSPS) is 18.8. The Bertz CT molecular complexity index is 662. The number of ether oxygens (including phenoxy) is 2. The number of aliphatic hydroxyl groups is 1. The molecule has 142 valence electrons. The van der Waals surface area contributed by atoms with E-state index >= 15 is 0 Å². The first-order valence-corrected chi connectivity index (χ1v) is 8.43. The predicted molar refractivity (Wildman–Crippen MR) is 95.3 cm³/mol. The van der Waals surface area contributed by atoms with Crippen LogP contribution in [-0.2, 0) is 14.3 Å². The van der Waals surface area contributed by atoms with Crippen molar-refractivity contribution in [2.24, 2.45) is 0 Å². The van der Waals surface area contributed by atoms with Crippen LogP contribution in [-0.4, -0.2) is 40.4 Å². The van der Waals surface area contributed by atoms with Crippen molar-refractivity contribution >= 4 is 12.0 Å². The molecular weight excluding hydrogens is 328 g/mol. The minimum absolute atomic E-state index is 0.121. The van der Waals surface area contributed by atoms with Gasteiger partial charge in [-0.15, -0.1) is 0 Å². The van der Waals surface area contributed by atoms with Crippen LogP contribution in [0.5, 0.6) is 0 Å². The zero-order chi connectivity index (χ0) is 19.4. The highest BCUT2D eigenvalue weighted by molar-refractivity contribution is 5.86. The molecule has 1 fully saturated rings. The van der Waals surface area contributed by atoms with E-state index in [4.69, 9.17) is 9.84 Å². The van der Waals surface area contributed by atoms with Gasteiger partial charge in [-0.1, -0.05) is 27.7 Å². The second kappa shape index (κ2) is 12.2. The summed E-state index contributed by atoms with van der Waals surface area (Å²) in [6.45, 7) is 7.88. The van der Waals surface area contributed by atoms with Gasteiger partial charge in [0.2, 0.25) is 0 Å². The highest BCUT2D eigenvalue weighted by atomic mass is 16.5. The Kier molecular flexibility index (Phi) is 11.1. The lowest BCUT2D eigenvalue weighted by atomic mass is 10.2. The van der Waals surface area contributed by atoms with Crippen LogP contribution in [0.2, 0.25) is 0 Å². The third-order valence-electron chi connectivity index (χ3n) is 3.19. The fraction of sp³-hybridized carbons (Fsp3) is 0.588. The highest BCUT2D eigenvalue weighted by Crippen LogP contribution is 2.26. The minimum atomic E-state index is -0.607. The van der Waals surface area contributed by atoms with Crippen LogP contribution in [0.15, 0.2) is 21.9 Å². The van der Waals surface area contributed by atoms with Crippen LogP contribution >= 0.6 is 0 Å². The van der Waals surface area contributed by atoms with Gasteiger partial charge in [0.05, 0.1) is 25.4 Å². The van der Waals surface area contributed by atoms with E-state index in [0.717, 1.165) is 6.08 Å². The second-order valence-corrected chi connectivity index (χ2v) is 4.58. The zero-order valence-electron chi connectivity index (χ0n) is 15.4. The summed E-state index contributed by atoms with van der Waals surface area (Å²) in [5.41, 5.74) is -1.07. The van der Waals surface area contributed by atoms with Crippen LogP contribution < -0.4 is 11.2 Å². The number of carbonyl (C=O) groups is 1. The first-order chi connectivity index (χ1) is 12.0. The second-order valence-electron chi connectivity index (χ2n) is 4.58. The first-order valence-electron chi connectivity index (χ1n) is 8.43. The van der Waals surface area contributed by atoms with Gasteiger partial charge in [-0.2, -0.15) is 0 Å². The molecule has 2 atom stereocenters. The summed E-state index contributed by atoms with van der Waals surface area (Å²) in [5, 5.41) is 9.04. The van der Waals surface area contributed by atoms with Crippen molar-refractivity contribution < 1.29 is 19.4 Å². The van der Waals surface area contributed by atoms with Gasteiger partial charge in [0.1, 0.15) is 6.23 Å². The van der Waals surface area contributed by atoms with Crippen molar-refractivity contribution in [2.45, 2.75) is 52.9 Å². The van der Waals surface area contributed by atoms with E-state index in [-0.39, 0.29) is 18.3 Å². The van der Waals surface area contributed by atoms with Gasteiger partial charge in [0.15, 0.2) is 0 Å². The maximum atomic E-state index is 11.8. The molecule has 1 saturated heterocycles. The number of hydrogen-bond donors (Lipinski definition) is 2. The van der Waals surface area contributed by atoms with Gasteiger partial charge in [-0.3, -0.25) is 14.3 Å². The molecule has 2 heterocycles. The van der Waals surface area contributed by atoms with Crippen molar-refractivity contribution in [3.63, 3.8) is 0 Å². The van der Waals surface area contributed by atoms with E-state index in [9.17, 15) is 14.4 Å². The van der Waals surface area contributed by atoms with Crippen LogP contribution in [0.1, 0.15) is 52.3 Å². The maximum absolute atomic E-state index is 11.8. The van der Waals surface area contributed by atoms with Crippen molar-refractivity contribution in [2.75, 3.05) is 13.7 Å². The molecule has 1 aliphatic heterocycles. The standard InChI is InChI=1S/C13H16N2O6.2C2H6/c1-20-11(17)5-2-8-6-15(13(19)14-12(8)18)10-4-3-9(7-16)21-10;2*1-2/h2,5-6,9-10,16H,3-4,7H2,1H3,(H,14,18,19);2*1-2H3/b5-2+;;. The molecule has 0 aromatic carbocycles. The van der Waals surface area contributed by atoms with E-state index in [2.05, 4.69) is 9.72 Å². The van der Waals surface area contributed by atoms with Crippen LogP contribution in [0.4, 0.5) is 0 Å². The number of esters is 1. The molecule has 0 bridgehead atoms. The van der Waals surface area contributed by atoms with Gasteiger partial charge >= 0.3 is 11.7 Å². The third-order valence-corrected chi connectivity index (χ3v) is 3.19. The predicted octanol–water partition coefficient (Wildman–Crippen LogP) is 1.45. The molecule has 0 radical (unpaired) electrons. The number of H-pyrrole nitrogens is 1. The number of nitrogens with one attached hydrogen (secondary N) is 1. The third kappa shape index (κ3) is 6.67. The van der Waals surface area contributed by atoms with E-state index in [0.29, 0.717) is 12.8 Å². The number of aromatic amines is 1. The van der Waals surface area contributed by atoms with Gasteiger partial charge < -0.3 is 14.6 Å². The van der Waals surface area contributed by atoms with E-state index in [1.807, 2.05) is 27.7 Å². The lowest BCUT2D eigenvalue weighted by Crippen LogP contribution is -2.33. The summed E-state index contributed by atoms with van der Waals surface area (Å²) in [7, 11) is 1.22. The monoisotopic (exact) mass is 356 g/mol. The summed E-state index contributed by atoms with van der Waals surface area (Å²) in [6, 6.07) is 0. The summed E-state index contributed by atoms with van der Waals surface area (Å²) in [6.07, 6.45) is 3.99. The molecular formula is C17H28N2O6. The van der Waals surface area contributed by atoms with E-state index in [1.165, 1.54) is 23.9 Å². The molecule has 0 spiro atoms. The summed E-state index contributed by atoms with van der Waals surface area (Å²) in [4.78, 5) is 36.7. The van der Waals surface area contributed by atoms with Gasteiger partial charge in [-0.05, 0) is 18.9 Å². The highest BCUT2D eigenvalue weighted by Gasteiger charge is 2.26. The molecule has 2 rings (SSSR count). The number of aliphatic hydroxyl groups excluding tert-OH is 1. The van der Waals surface area contributed by atoms with E-state index in [1.54, 1.807) is 0 Å². The zero-order valence-corrected chi connectivity index (χ0v) is 15.4. The molecule has 1 aromatic heterocycles. The van der Waals surface area contributed by atoms with Gasteiger partial charge in [0, 0.05) is 12.3 Å². The molecule has 1 aliphatic rings. The summed E-state index contributed by atoms with van der Waals surface area (Å²) < 4.78 is 11.2. The maximum Gasteiger partial charge on any atom is 0.330 e. The smallest absolute Gasteiger partial charge is 0.330 e. The Morgan fingerprint density at radius 1 is 1.36 bits per heavy atom. The van der Waals surface area contributed by atoms with Gasteiger partial charge in [-0.25, -0.2) is 9.59 Å². The molecule has 25 heavy (non-hydrogen) atoms. The number of hydrogen-bond acceptors (Lipinski definition) is 6.